The van der Waals surface area contributed by atoms with E-state index < -0.39 is 29.6 Å². The molecule has 1 saturated heterocycles. The molecule has 2 rings (SSSR count). The Kier molecular flexibility index (Phi) is 8.92. The summed E-state index contributed by atoms with van der Waals surface area (Å²) in [6.07, 6.45) is 1.84. The van der Waals surface area contributed by atoms with Crippen LogP contribution in [0.15, 0.2) is 23.1 Å². The fraction of sp³-hybridized carbons (Fsp3) is 0.429. The van der Waals surface area contributed by atoms with Gasteiger partial charge in [0.05, 0.1) is 24.7 Å². The molecule has 0 aromatic heterocycles. The predicted molar refractivity (Wildman–Crippen MR) is 114 cm³/mol. The summed E-state index contributed by atoms with van der Waals surface area (Å²) in [6, 6.07) is 4.85. The third-order valence-electron chi connectivity index (χ3n) is 4.20. The first-order chi connectivity index (χ1) is 14.8. The average molecular weight is 451 g/mol. The van der Waals surface area contributed by atoms with E-state index in [1.54, 1.807) is 32.0 Å². The van der Waals surface area contributed by atoms with E-state index in [2.05, 4.69) is 0 Å². The number of esters is 2. The maximum absolute atomic E-state index is 12.6. The highest BCUT2D eigenvalue weighted by Gasteiger charge is 2.36. The summed E-state index contributed by atoms with van der Waals surface area (Å²) in [5, 5.41) is -0.551. The van der Waals surface area contributed by atoms with Crippen LogP contribution in [0.2, 0.25) is 0 Å². The van der Waals surface area contributed by atoms with Crippen LogP contribution in [0.25, 0.3) is 6.08 Å². The molecule has 0 spiro atoms. The zero-order valence-electron chi connectivity index (χ0n) is 17.8. The van der Waals surface area contributed by atoms with Gasteiger partial charge in [-0.2, -0.15) is 0 Å². The number of amides is 2. The Hall–Kier alpha value is -3.01. The van der Waals surface area contributed by atoms with Crippen molar-refractivity contribution in [2.24, 2.45) is 0 Å². The first-order valence-electron chi connectivity index (χ1n) is 9.70. The minimum Gasteiger partial charge on any atom is -0.493 e. The van der Waals surface area contributed by atoms with Crippen molar-refractivity contribution >= 4 is 40.9 Å². The lowest BCUT2D eigenvalue weighted by molar-refractivity contribution is -0.150. The fourth-order valence-electron chi connectivity index (χ4n) is 2.50. The predicted octanol–water partition coefficient (Wildman–Crippen LogP) is 3.02. The third-order valence-corrected chi connectivity index (χ3v) is 5.11. The van der Waals surface area contributed by atoms with Crippen molar-refractivity contribution in [1.29, 1.82) is 0 Å². The smallest absolute Gasteiger partial charge is 0.344 e. The van der Waals surface area contributed by atoms with Crippen LogP contribution in [-0.4, -0.2) is 61.0 Å². The highest BCUT2D eigenvalue weighted by Crippen LogP contribution is 2.34. The molecule has 1 fully saturated rings. The van der Waals surface area contributed by atoms with Crippen LogP contribution in [0.3, 0.4) is 0 Å². The van der Waals surface area contributed by atoms with E-state index in [9.17, 15) is 19.2 Å². The second-order valence-electron chi connectivity index (χ2n) is 6.48. The summed E-state index contributed by atoms with van der Waals surface area (Å²) < 4.78 is 20.6. The zero-order valence-corrected chi connectivity index (χ0v) is 18.7. The normalized spacial score (nSPS) is 15.7. The van der Waals surface area contributed by atoms with E-state index in [-0.39, 0.29) is 30.0 Å². The molecule has 0 radical (unpaired) electrons. The number of hydrogen-bond acceptors (Lipinski definition) is 9. The molecule has 2 amide bonds. The summed E-state index contributed by atoms with van der Waals surface area (Å²) in [4.78, 5) is 49.3. The molecule has 1 aliphatic rings. The van der Waals surface area contributed by atoms with Crippen molar-refractivity contribution in [2.75, 3.05) is 26.9 Å². The van der Waals surface area contributed by atoms with Crippen LogP contribution in [0.5, 0.6) is 11.5 Å². The molecule has 1 atom stereocenters. The number of methoxy groups -OCH3 is 1. The molecular formula is C21H25NO8S. The molecule has 0 saturated carbocycles. The van der Waals surface area contributed by atoms with E-state index in [0.717, 1.165) is 16.7 Å². The van der Waals surface area contributed by atoms with Crippen molar-refractivity contribution in [2.45, 2.75) is 33.3 Å². The molecule has 0 aliphatic carbocycles. The number of nitrogens with zero attached hydrogens (tertiary/aromatic N) is 1. The van der Waals surface area contributed by atoms with E-state index in [1.807, 2.05) is 6.92 Å². The van der Waals surface area contributed by atoms with Gasteiger partial charge in [0.2, 0.25) is 0 Å². The maximum atomic E-state index is 12.6. The zero-order chi connectivity index (χ0) is 23.0. The number of thioether (sulfide) groups is 1. The quantitative estimate of drug-likeness (QED) is 0.392. The van der Waals surface area contributed by atoms with Gasteiger partial charge in [-0.1, -0.05) is 13.0 Å². The van der Waals surface area contributed by atoms with Gasteiger partial charge in [-0.25, -0.2) is 4.79 Å². The Morgan fingerprint density at radius 3 is 2.55 bits per heavy atom. The van der Waals surface area contributed by atoms with E-state index in [0.29, 0.717) is 17.7 Å². The number of carbonyl (C=O) groups excluding carboxylic acids is 4. The number of carbonyl (C=O) groups is 4. The molecule has 31 heavy (non-hydrogen) atoms. The maximum Gasteiger partial charge on any atom is 0.344 e. The van der Waals surface area contributed by atoms with Crippen LogP contribution in [0, 0.1) is 0 Å². The first-order valence-corrected chi connectivity index (χ1v) is 10.5. The molecule has 1 aromatic rings. The van der Waals surface area contributed by atoms with Crippen molar-refractivity contribution in [3.8, 4) is 11.5 Å². The van der Waals surface area contributed by atoms with Crippen LogP contribution < -0.4 is 9.47 Å². The summed E-state index contributed by atoms with van der Waals surface area (Å²) >= 11 is 0.728. The SMILES string of the molecule is CCOC(=O)COc1cc(/C=C2\SC(=O)N(CC(=O)O[C@H](C)CC)C2=O)ccc1OC. The Balaban J connectivity index is 2.14. The Bertz CT molecular complexity index is 882. The number of benzene rings is 1. The van der Waals surface area contributed by atoms with E-state index in [1.165, 1.54) is 13.2 Å². The standard InChI is InChI=1S/C21H25NO8S/c1-5-13(3)30-18(23)11-22-20(25)17(31-21(22)26)10-14-7-8-15(27-4)16(9-14)29-12-19(24)28-6-2/h7-10,13H,5-6,11-12H2,1-4H3/b17-10-/t13-/m1/s1. The largest absolute Gasteiger partial charge is 0.493 e. The highest BCUT2D eigenvalue weighted by atomic mass is 32.2. The first kappa shape index (κ1) is 24.3. The van der Waals surface area contributed by atoms with Gasteiger partial charge in [-0.3, -0.25) is 19.3 Å². The van der Waals surface area contributed by atoms with Crippen LogP contribution in [0.1, 0.15) is 32.8 Å². The molecule has 1 heterocycles. The van der Waals surface area contributed by atoms with Crippen molar-refractivity contribution < 1.29 is 38.1 Å². The minimum atomic E-state index is -0.642. The second-order valence-corrected chi connectivity index (χ2v) is 7.47. The Morgan fingerprint density at radius 2 is 1.90 bits per heavy atom. The summed E-state index contributed by atoms with van der Waals surface area (Å²) in [7, 11) is 1.45. The molecule has 9 nitrogen and oxygen atoms in total. The lowest BCUT2D eigenvalue weighted by atomic mass is 10.2. The molecule has 0 bridgehead atoms. The lowest BCUT2D eigenvalue weighted by Gasteiger charge is -2.14. The third kappa shape index (κ3) is 6.74. The highest BCUT2D eigenvalue weighted by molar-refractivity contribution is 8.18. The molecule has 1 aromatic carbocycles. The summed E-state index contributed by atoms with van der Waals surface area (Å²) in [5.41, 5.74) is 0.548. The monoisotopic (exact) mass is 451 g/mol. The summed E-state index contributed by atoms with van der Waals surface area (Å²) in [6.45, 7) is 4.78. The van der Waals surface area contributed by atoms with Crippen molar-refractivity contribution in [1.82, 2.24) is 4.90 Å². The van der Waals surface area contributed by atoms with Gasteiger partial charge in [-0.05, 0) is 55.8 Å². The van der Waals surface area contributed by atoms with Gasteiger partial charge in [0, 0.05) is 0 Å². The van der Waals surface area contributed by atoms with Gasteiger partial charge in [0.15, 0.2) is 18.1 Å². The number of imide groups is 1. The van der Waals surface area contributed by atoms with Gasteiger partial charge in [-0.15, -0.1) is 0 Å². The topological polar surface area (TPSA) is 108 Å². The Morgan fingerprint density at radius 1 is 1.16 bits per heavy atom. The average Bonchev–Trinajstić information content (AvgIpc) is 2.99. The molecule has 10 heteroatoms. The molecule has 1 aliphatic heterocycles. The lowest BCUT2D eigenvalue weighted by Crippen LogP contribution is -2.35. The van der Waals surface area contributed by atoms with Crippen LogP contribution in [-0.2, 0) is 23.9 Å². The number of ether oxygens (including phenoxy) is 4. The molecule has 0 unspecified atom stereocenters. The van der Waals surface area contributed by atoms with Gasteiger partial charge in [0.1, 0.15) is 6.54 Å². The van der Waals surface area contributed by atoms with Gasteiger partial charge >= 0.3 is 11.9 Å². The van der Waals surface area contributed by atoms with Crippen molar-refractivity contribution in [3.05, 3.63) is 28.7 Å². The molecular weight excluding hydrogens is 426 g/mol. The van der Waals surface area contributed by atoms with Gasteiger partial charge < -0.3 is 18.9 Å². The summed E-state index contributed by atoms with van der Waals surface area (Å²) in [5.74, 6) is -1.08. The second kappa shape index (κ2) is 11.4. The minimum absolute atomic E-state index is 0.155. The van der Waals surface area contributed by atoms with Gasteiger partial charge in [0.25, 0.3) is 11.1 Å². The van der Waals surface area contributed by atoms with Crippen molar-refractivity contribution in [3.63, 3.8) is 0 Å². The molecule has 168 valence electrons. The van der Waals surface area contributed by atoms with E-state index in [4.69, 9.17) is 18.9 Å². The fourth-order valence-corrected chi connectivity index (χ4v) is 3.34. The number of hydrogen-bond donors (Lipinski definition) is 0. The number of rotatable bonds is 10. The van der Waals surface area contributed by atoms with Crippen LogP contribution >= 0.6 is 11.8 Å². The Labute approximate surface area is 184 Å². The van der Waals surface area contributed by atoms with Crippen LogP contribution in [0.4, 0.5) is 4.79 Å². The van der Waals surface area contributed by atoms with E-state index >= 15 is 0 Å². The molecule has 0 N–H and O–H groups in total.